The number of aromatic nitrogens is 2. The second-order valence-electron chi connectivity index (χ2n) is 5.15. The molecule has 2 aromatic rings. The van der Waals surface area contributed by atoms with Crippen LogP contribution < -0.4 is 0 Å². The minimum Gasteiger partial charge on any atom is -0.379 e. The van der Waals surface area contributed by atoms with Crippen molar-refractivity contribution in [3.8, 4) is 6.07 Å². The third-order valence-corrected chi connectivity index (χ3v) is 3.82. The summed E-state index contributed by atoms with van der Waals surface area (Å²) >= 11 is 5.96. The number of alkyl halides is 1. The van der Waals surface area contributed by atoms with Crippen LogP contribution >= 0.6 is 11.6 Å². The van der Waals surface area contributed by atoms with Crippen LogP contribution in [0.1, 0.15) is 24.2 Å². The smallest absolute Gasteiger partial charge is 0.124 e. The van der Waals surface area contributed by atoms with Gasteiger partial charge in [0.1, 0.15) is 5.82 Å². The molecule has 5 heteroatoms. The maximum atomic E-state index is 9.00. The van der Waals surface area contributed by atoms with E-state index in [0.717, 1.165) is 35.9 Å². The van der Waals surface area contributed by atoms with E-state index in [0.29, 0.717) is 18.1 Å². The molecule has 1 aliphatic carbocycles. The maximum absolute atomic E-state index is 9.00. The fraction of sp³-hybridized carbons (Fsp3) is 0.467. The van der Waals surface area contributed by atoms with E-state index in [1.807, 2.05) is 12.1 Å². The van der Waals surface area contributed by atoms with Gasteiger partial charge in [-0.3, -0.25) is 0 Å². The second kappa shape index (κ2) is 5.82. The van der Waals surface area contributed by atoms with Gasteiger partial charge in [0.25, 0.3) is 0 Å². The van der Waals surface area contributed by atoms with E-state index in [1.54, 1.807) is 6.07 Å². The molecule has 0 radical (unpaired) electrons. The summed E-state index contributed by atoms with van der Waals surface area (Å²) in [7, 11) is 0. The lowest BCUT2D eigenvalue weighted by Gasteiger charge is -2.08. The average molecular weight is 290 g/mol. The van der Waals surface area contributed by atoms with E-state index in [9.17, 15) is 0 Å². The van der Waals surface area contributed by atoms with Crippen molar-refractivity contribution in [2.75, 3.05) is 13.2 Å². The van der Waals surface area contributed by atoms with E-state index in [-0.39, 0.29) is 0 Å². The van der Waals surface area contributed by atoms with Crippen LogP contribution in [0.15, 0.2) is 18.2 Å². The van der Waals surface area contributed by atoms with Gasteiger partial charge >= 0.3 is 0 Å². The molecule has 104 valence electrons. The molecule has 0 N–H and O–H groups in total. The highest BCUT2D eigenvalue weighted by Gasteiger charge is 2.21. The number of hydrogen-bond acceptors (Lipinski definition) is 3. The third kappa shape index (κ3) is 2.79. The van der Waals surface area contributed by atoms with Gasteiger partial charge in [-0.15, -0.1) is 11.6 Å². The molecule has 0 bridgehead atoms. The number of imidazole rings is 1. The summed E-state index contributed by atoms with van der Waals surface area (Å²) in [5.41, 5.74) is 2.47. The third-order valence-electron chi connectivity index (χ3n) is 3.59. The second-order valence-corrected chi connectivity index (χ2v) is 5.41. The van der Waals surface area contributed by atoms with Crippen molar-refractivity contribution >= 4 is 22.6 Å². The minimum atomic E-state index is 0.360. The van der Waals surface area contributed by atoms with Crippen LogP contribution in [0.4, 0.5) is 0 Å². The van der Waals surface area contributed by atoms with Crippen molar-refractivity contribution in [1.82, 2.24) is 9.55 Å². The first-order chi connectivity index (χ1) is 9.81. The molecule has 0 amide bonds. The first-order valence-corrected chi connectivity index (χ1v) is 7.38. The summed E-state index contributed by atoms with van der Waals surface area (Å²) in [4.78, 5) is 4.50. The molecule has 20 heavy (non-hydrogen) atoms. The molecule has 1 aliphatic rings. The SMILES string of the molecule is N#Cc1ccc2nc(CCl)n(CCOCC3CC3)c2c1. The number of rotatable bonds is 6. The standard InChI is InChI=1S/C15H16ClN3O/c16-8-15-18-13-4-3-12(9-17)7-14(13)19(15)5-6-20-10-11-1-2-11/h3-4,7,11H,1-2,5-6,8,10H2. The Morgan fingerprint density at radius 3 is 3.00 bits per heavy atom. The summed E-state index contributed by atoms with van der Waals surface area (Å²) in [5, 5.41) is 9.00. The van der Waals surface area contributed by atoms with E-state index in [1.165, 1.54) is 12.8 Å². The van der Waals surface area contributed by atoms with Crippen LogP contribution in [0.2, 0.25) is 0 Å². The Morgan fingerprint density at radius 2 is 2.30 bits per heavy atom. The maximum Gasteiger partial charge on any atom is 0.124 e. The van der Waals surface area contributed by atoms with E-state index >= 15 is 0 Å². The molecule has 0 spiro atoms. The Hall–Kier alpha value is -1.57. The fourth-order valence-corrected chi connectivity index (χ4v) is 2.49. The zero-order valence-corrected chi connectivity index (χ0v) is 11.9. The number of fused-ring (bicyclic) bond motifs is 1. The van der Waals surface area contributed by atoms with E-state index in [2.05, 4.69) is 15.6 Å². The molecule has 1 saturated carbocycles. The van der Waals surface area contributed by atoms with Gasteiger partial charge in [0.2, 0.25) is 0 Å². The van der Waals surface area contributed by atoms with E-state index in [4.69, 9.17) is 21.6 Å². The Kier molecular flexibility index (Phi) is 3.90. The highest BCUT2D eigenvalue weighted by Crippen LogP contribution is 2.28. The predicted octanol–water partition coefficient (Wildman–Crippen LogP) is 3.07. The molecule has 0 atom stereocenters. The van der Waals surface area contributed by atoms with Crippen molar-refractivity contribution in [3.05, 3.63) is 29.6 Å². The van der Waals surface area contributed by atoms with Gasteiger partial charge in [-0.2, -0.15) is 5.26 Å². The van der Waals surface area contributed by atoms with Gasteiger partial charge in [-0.1, -0.05) is 0 Å². The Balaban J connectivity index is 1.80. The molecule has 1 aromatic heterocycles. The first-order valence-electron chi connectivity index (χ1n) is 6.85. The van der Waals surface area contributed by atoms with Crippen molar-refractivity contribution in [2.24, 2.45) is 5.92 Å². The monoisotopic (exact) mass is 289 g/mol. The van der Waals surface area contributed by atoms with Crippen molar-refractivity contribution in [2.45, 2.75) is 25.3 Å². The molecule has 0 saturated heterocycles. The minimum absolute atomic E-state index is 0.360. The Labute approximate surface area is 122 Å². The molecule has 1 heterocycles. The van der Waals surface area contributed by atoms with Crippen molar-refractivity contribution in [3.63, 3.8) is 0 Å². The van der Waals surface area contributed by atoms with E-state index < -0.39 is 0 Å². The molecular formula is C15H16ClN3O. The molecule has 0 unspecified atom stereocenters. The number of halogens is 1. The van der Waals surface area contributed by atoms with Crippen LogP contribution in [-0.2, 0) is 17.2 Å². The number of nitriles is 1. The number of hydrogen-bond donors (Lipinski definition) is 0. The lowest BCUT2D eigenvalue weighted by Crippen LogP contribution is -2.10. The normalized spacial score (nSPS) is 14.6. The quantitative estimate of drug-likeness (QED) is 0.606. The largest absolute Gasteiger partial charge is 0.379 e. The van der Waals surface area contributed by atoms with Gasteiger partial charge < -0.3 is 9.30 Å². The Morgan fingerprint density at radius 1 is 1.45 bits per heavy atom. The van der Waals surface area contributed by atoms with Crippen molar-refractivity contribution in [1.29, 1.82) is 5.26 Å². The van der Waals surface area contributed by atoms with Crippen LogP contribution in [0, 0.1) is 17.2 Å². The van der Waals surface area contributed by atoms with Gasteiger partial charge in [0.15, 0.2) is 0 Å². The zero-order valence-electron chi connectivity index (χ0n) is 11.2. The van der Waals surface area contributed by atoms with Crippen molar-refractivity contribution < 1.29 is 4.74 Å². The van der Waals surface area contributed by atoms with Crippen LogP contribution in [0.3, 0.4) is 0 Å². The fourth-order valence-electron chi connectivity index (χ4n) is 2.28. The summed E-state index contributed by atoms with van der Waals surface area (Å²) in [6.07, 6.45) is 2.60. The van der Waals surface area contributed by atoms with Gasteiger partial charge in [0, 0.05) is 13.2 Å². The summed E-state index contributed by atoms with van der Waals surface area (Å²) in [6, 6.07) is 7.66. The topological polar surface area (TPSA) is 50.8 Å². The summed E-state index contributed by atoms with van der Waals surface area (Å²) < 4.78 is 7.73. The molecule has 3 rings (SSSR count). The molecule has 1 fully saturated rings. The average Bonchev–Trinajstić information content (AvgIpc) is 3.24. The highest BCUT2D eigenvalue weighted by atomic mass is 35.5. The first kappa shape index (κ1) is 13.4. The highest BCUT2D eigenvalue weighted by molar-refractivity contribution is 6.16. The molecule has 0 aliphatic heterocycles. The Bertz CT molecular complexity index is 655. The zero-order chi connectivity index (χ0) is 13.9. The van der Waals surface area contributed by atoms with Gasteiger partial charge in [-0.05, 0) is 37.0 Å². The van der Waals surface area contributed by atoms with Crippen LogP contribution in [0.25, 0.3) is 11.0 Å². The number of ether oxygens (including phenoxy) is 1. The predicted molar refractivity (Wildman–Crippen MR) is 77.5 cm³/mol. The van der Waals surface area contributed by atoms with Gasteiger partial charge in [-0.25, -0.2) is 4.98 Å². The summed E-state index contributed by atoms with van der Waals surface area (Å²) in [6.45, 7) is 2.23. The van der Waals surface area contributed by atoms with Crippen LogP contribution in [-0.4, -0.2) is 22.8 Å². The lowest BCUT2D eigenvalue weighted by molar-refractivity contribution is 0.117. The molecular weight excluding hydrogens is 274 g/mol. The molecule has 1 aromatic carbocycles. The lowest BCUT2D eigenvalue weighted by atomic mass is 10.2. The number of benzene rings is 1. The van der Waals surface area contributed by atoms with Crippen LogP contribution in [0.5, 0.6) is 0 Å². The summed E-state index contributed by atoms with van der Waals surface area (Å²) in [5.74, 6) is 1.96. The number of nitrogens with zero attached hydrogens (tertiary/aromatic N) is 3. The van der Waals surface area contributed by atoms with Gasteiger partial charge in [0.05, 0.1) is 35.2 Å². The molecule has 4 nitrogen and oxygen atoms in total.